The highest BCUT2D eigenvalue weighted by Crippen LogP contribution is 2.19. The van der Waals surface area contributed by atoms with E-state index in [1.54, 1.807) is 30.3 Å². The Hall–Kier alpha value is -3.15. The summed E-state index contributed by atoms with van der Waals surface area (Å²) in [6, 6.07) is 14.1. The molecule has 2 aromatic rings. The molecule has 0 aliphatic carbocycles. The zero-order valence-electron chi connectivity index (χ0n) is 11.5. The van der Waals surface area contributed by atoms with Crippen molar-refractivity contribution in [2.24, 2.45) is 4.99 Å². The molecule has 0 spiro atoms. The Morgan fingerprint density at radius 2 is 1.82 bits per heavy atom. The molecule has 0 bridgehead atoms. The van der Waals surface area contributed by atoms with Crippen molar-refractivity contribution in [3.63, 3.8) is 0 Å². The Kier molecular flexibility index (Phi) is 4.87. The van der Waals surface area contributed by atoms with E-state index in [9.17, 15) is 19.7 Å². The number of nitro groups is 1. The zero-order valence-corrected chi connectivity index (χ0v) is 11.5. The van der Waals surface area contributed by atoms with Crippen molar-refractivity contribution in [3.8, 4) is 0 Å². The lowest BCUT2D eigenvalue weighted by Crippen LogP contribution is -2.08. The Morgan fingerprint density at radius 1 is 1.09 bits per heavy atom. The predicted molar refractivity (Wildman–Crippen MR) is 81.6 cm³/mol. The van der Waals surface area contributed by atoms with Gasteiger partial charge in [-0.15, -0.1) is 0 Å². The topological polar surface area (TPSA) is 89.6 Å². The molecule has 6 heteroatoms. The molecule has 0 unspecified atom stereocenters. The van der Waals surface area contributed by atoms with Gasteiger partial charge in [0.05, 0.1) is 23.2 Å². The SMILES string of the molecule is O=C(C=Nc1cccc([N+](=O)[O-])c1)CC(=O)c1ccccc1. The molecule has 0 aliphatic heterocycles. The molecule has 110 valence electrons. The standard InChI is InChI=1S/C16H12N2O4/c19-15(10-16(20)12-5-2-1-3-6-12)11-17-13-7-4-8-14(9-13)18(21)22/h1-9,11H,10H2. The summed E-state index contributed by atoms with van der Waals surface area (Å²) in [5, 5.41) is 10.6. The van der Waals surface area contributed by atoms with E-state index in [1.165, 1.54) is 24.3 Å². The van der Waals surface area contributed by atoms with E-state index in [1.807, 2.05) is 0 Å². The number of hydrogen-bond acceptors (Lipinski definition) is 5. The van der Waals surface area contributed by atoms with Crippen LogP contribution in [0, 0.1) is 10.1 Å². The third-order valence-electron chi connectivity index (χ3n) is 2.83. The maximum absolute atomic E-state index is 11.8. The summed E-state index contributed by atoms with van der Waals surface area (Å²) in [6.07, 6.45) is 0.725. The van der Waals surface area contributed by atoms with Crippen molar-refractivity contribution >= 4 is 29.2 Å². The summed E-state index contributed by atoms with van der Waals surface area (Å²) in [5.74, 6) is -0.753. The number of carbonyl (C=O) groups excluding carboxylic acids is 2. The zero-order chi connectivity index (χ0) is 15.9. The molecule has 0 fully saturated rings. The summed E-state index contributed by atoms with van der Waals surface area (Å²) in [6.45, 7) is 0. The average Bonchev–Trinajstić information content (AvgIpc) is 2.54. The van der Waals surface area contributed by atoms with Gasteiger partial charge in [0.2, 0.25) is 0 Å². The number of hydrogen-bond donors (Lipinski definition) is 0. The van der Waals surface area contributed by atoms with Gasteiger partial charge in [0, 0.05) is 17.7 Å². The Labute approximate surface area is 126 Å². The van der Waals surface area contributed by atoms with Gasteiger partial charge in [0.25, 0.3) is 5.69 Å². The second-order valence-electron chi connectivity index (χ2n) is 4.47. The molecule has 0 N–H and O–H groups in total. The first-order valence-corrected chi connectivity index (χ1v) is 6.46. The van der Waals surface area contributed by atoms with Crippen LogP contribution < -0.4 is 0 Å². The van der Waals surface area contributed by atoms with Gasteiger partial charge in [-0.3, -0.25) is 24.7 Å². The van der Waals surface area contributed by atoms with Crippen LogP contribution in [0.4, 0.5) is 11.4 Å². The molecule has 0 radical (unpaired) electrons. The number of ketones is 2. The van der Waals surface area contributed by atoms with E-state index in [4.69, 9.17) is 0 Å². The average molecular weight is 296 g/mol. The van der Waals surface area contributed by atoms with Crippen LogP contribution in [0.25, 0.3) is 0 Å². The van der Waals surface area contributed by atoms with Crippen molar-refractivity contribution in [1.82, 2.24) is 0 Å². The van der Waals surface area contributed by atoms with Gasteiger partial charge in [-0.05, 0) is 6.07 Å². The molecule has 2 aromatic carbocycles. The van der Waals surface area contributed by atoms with Gasteiger partial charge in [0.15, 0.2) is 11.6 Å². The Balaban J connectivity index is 2.01. The highest BCUT2D eigenvalue weighted by Gasteiger charge is 2.10. The third kappa shape index (κ3) is 4.17. The maximum atomic E-state index is 11.8. The largest absolute Gasteiger partial charge is 0.294 e. The van der Waals surface area contributed by atoms with Crippen LogP contribution >= 0.6 is 0 Å². The van der Waals surface area contributed by atoms with Gasteiger partial charge in [-0.1, -0.05) is 36.4 Å². The smallest absolute Gasteiger partial charge is 0.271 e. The van der Waals surface area contributed by atoms with Crippen molar-refractivity contribution in [2.75, 3.05) is 0 Å². The van der Waals surface area contributed by atoms with Gasteiger partial charge < -0.3 is 0 Å². The van der Waals surface area contributed by atoms with Gasteiger partial charge in [0.1, 0.15) is 0 Å². The van der Waals surface area contributed by atoms with Gasteiger partial charge in [-0.2, -0.15) is 0 Å². The monoisotopic (exact) mass is 296 g/mol. The van der Waals surface area contributed by atoms with Crippen LogP contribution in [0.2, 0.25) is 0 Å². The Morgan fingerprint density at radius 3 is 2.50 bits per heavy atom. The second-order valence-corrected chi connectivity index (χ2v) is 4.47. The lowest BCUT2D eigenvalue weighted by Gasteiger charge is -1.97. The van der Waals surface area contributed by atoms with Crippen LogP contribution in [-0.4, -0.2) is 22.7 Å². The Bertz CT molecular complexity index is 739. The summed E-state index contributed by atoms with van der Waals surface area (Å²) in [5.41, 5.74) is 0.636. The number of carbonyl (C=O) groups is 2. The molecule has 0 aliphatic rings. The number of nitro benzene ring substituents is 1. The van der Waals surface area contributed by atoms with Crippen LogP contribution in [0.15, 0.2) is 59.6 Å². The highest BCUT2D eigenvalue weighted by atomic mass is 16.6. The van der Waals surface area contributed by atoms with Crippen LogP contribution in [-0.2, 0) is 4.79 Å². The fourth-order valence-electron chi connectivity index (χ4n) is 1.76. The molecule has 6 nitrogen and oxygen atoms in total. The number of benzene rings is 2. The number of rotatable bonds is 6. The highest BCUT2D eigenvalue weighted by molar-refractivity contribution is 6.33. The molecule has 0 atom stereocenters. The van der Waals surface area contributed by atoms with Crippen LogP contribution in [0.1, 0.15) is 16.8 Å². The van der Waals surface area contributed by atoms with Crippen LogP contribution in [0.5, 0.6) is 0 Å². The summed E-state index contributed by atoms with van der Waals surface area (Å²) in [7, 11) is 0. The lowest BCUT2D eigenvalue weighted by atomic mass is 10.1. The molecule has 0 saturated carbocycles. The van der Waals surface area contributed by atoms with E-state index >= 15 is 0 Å². The van der Waals surface area contributed by atoms with Crippen molar-refractivity contribution in [1.29, 1.82) is 0 Å². The molecule has 22 heavy (non-hydrogen) atoms. The lowest BCUT2D eigenvalue weighted by molar-refractivity contribution is -0.384. The van der Waals surface area contributed by atoms with Gasteiger partial charge in [-0.25, -0.2) is 0 Å². The van der Waals surface area contributed by atoms with E-state index in [2.05, 4.69) is 4.99 Å². The normalized spacial score (nSPS) is 10.5. The third-order valence-corrected chi connectivity index (χ3v) is 2.83. The summed E-state index contributed by atoms with van der Waals surface area (Å²) in [4.78, 5) is 37.5. The number of non-ortho nitro benzene ring substituents is 1. The van der Waals surface area contributed by atoms with Crippen molar-refractivity contribution < 1.29 is 14.5 Å². The van der Waals surface area contributed by atoms with E-state index in [0.29, 0.717) is 5.56 Å². The minimum absolute atomic E-state index is 0.109. The first-order chi connectivity index (χ1) is 10.6. The molecule has 0 saturated heterocycles. The van der Waals surface area contributed by atoms with E-state index < -0.39 is 10.7 Å². The van der Waals surface area contributed by atoms with Crippen molar-refractivity contribution in [2.45, 2.75) is 6.42 Å². The maximum Gasteiger partial charge on any atom is 0.271 e. The quantitative estimate of drug-likeness (QED) is 0.269. The number of aliphatic imine (C=N–C) groups is 1. The van der Waals surface area contributed by atoms with Crippen LogP contribution in [0.3, 0.4) is 0 Å². The van der Waals surface area contributed by atoms with Crippen molar-refractivity contribution in [3.05, 3.63) is 70.3 Å². The molecule has 0 heterocycles. The number of nitrogens with zero attached hydrogens (tertiary/aromatic N) is 2. The first kappa shape index (κ1) is 15.2. The van der Waals surface area contributed by atoms with E-state index in [-0.39, 0.29) is 23.6 Å². The molecular weight excluding hydrogens is 284 g/mol. The molecule has 0 aromatic heterocycles. The minimum Gasteiger partial charge on any atom is -0.294 e. The van der Waals surface area contributed by atoms with Gasteiger partial charge >= 0.3 is 0 Å². The molecule has 0 amide bonds. The number of Topliss-reactive ketones (excluding diaryl/α,β-unsaturated/α-hetero) is 2. The summed E-state index contributed by atoms with van der Waals surface area (Å²) < 4.78 is 0. The summed E-state index contributed by atoms with van der Waals surface area (Å²) >= 11 is 0. The second kappa shape index (κ2) is 7.03. The first-order valence-electron chi connectivity index (χ1n) is 6.46. The van der Waals surface area contributed by atoms with E-state index in [0.717, 1.165) is 6.21 Å². The molecular formula is C16H12N2O4. The predicted octanol–water partition coefficient (Wildman–Crippen LogP) is 3.14. The minimum atomic E-state index is -0.542. The fraction of sp³-hybridized carbons (Fsp3) is 0.0625. The fourth-order valence-corrected chi connectivity index (χ4v) is 1.76. The molecule has 2 rings (SSSR count).